The fourth-order valence-corrected chi connectivity index (χ4v) is 4.04. The molecule has 4 rings (SSSR count). The van der Waals surface area contributed by atoms with E-state index >= 15 is 0 Å². The number of hydrogen-bond donors (Lipinski definition) is 0. The first kappa shape index (κ1) is 15.5. The second-order valence-electron chi connectivity index (χ2n) is 7.98. The summed E-state index contributed by atoms with van der Waals surface area (Å²) in [5.74, 6) is -0.807. The van der Waals surface area contributed by atoms with Crippen molar-refractivity contribution in [1.82, 2.24) is 4.98 Å². The van der Waals surface area contributed by atoms with E-state index in [4.69, 9.17) is 4.11 Å². The van der Waals surface area contributed by atoms with Crippen LogP contribution in [0.25, 0.3) is 11.3 Å². The maximum Gasteiger partial charge on any atom is 0.0704 e. The van der Waals surface area contributed by atoms with E-state index in [1.54, 1.807) is 6.20 Å². The standard InChI is InChI=1S/C27H31N/c1-20-11-13-24(14-12-20)21(2)25-9-6-10-26(19-25)27-18-23(15-16-28-27)17-22-7-4-3-5-8-22/h6,9-16,18-19,21-22H,3-5,7-8,17H2,1-2H3/i17D2,21D. The third-order valence-electron chi connectivity index (χ3n) is 5.81. The van der Waals surface area contributed by atoms with Crippen molar-refractivity contribution in [1.29, 1.82) is 0 Å². The van der Waals surface area contributed by atoms with E-state index in [1.165, 1.54) is 12.0 Å². The fourth-order valence-electron chi connectivity index (χ4n) is 4.04. The lowest BCUT2D eigenvalue weighted by molar-refractivity contribution is 0.356. The van der Waals surface area contributed by atoms with Crippen molar-refractivity contribution in [2.24, 2.45) is 5.92 Å². The molecule has 2 aromatic carbocycles. The molecule has 144 valence electrons. The van der Waals surface area contributed by atoms with E-state index in [0.29, 0.717) is 5.56 Å². The van der Waals surface area contributed by atoms with Crippen LogP contribution in [0.3, 0.4) is 0 Å². The van der Waals surface area contributed by atoms with E-state index < -0.39 is 12.3 Å². The first-order valence-electron chi connectivity index (χ1n) is 11.9. The summed E-state index contributed by atoms with van der Waals surface area (Å²) in [4.78, 5) is 4.55. The Hall–Kier alpha value is -2.41. The van der Waals surface area contributed by atoms with Crippen molar-refractivity contribution in [2.45, 2.75) is 58.2 Å². The van der Waals surface area contributed by atoms with Crippen LogP contribution in [0.15, 0.2) is 66.9 Å². The first-order valence-corrected chi connectivity index (χ1v) is 10.4. The molecule has 1 saturated carbocycles. The summed E-state index contributed by atoms with van der Waals surface area (Å²) in [6.07, 6.45) is 5.73. The molecule has 1 heteroatoms. The van der Waals surface area contributed by atoms with Gasteiger partial charge in [0.1, 0.15) is 0 Å². The Labute approximate surface area is 174 Å². The molecule has 1 aliphatic rings. The number of benzene rings is 2. The number of aryl methyl sites for hydroxylation is 1. The molecule has 1 aliphatic carbocycles. The molecule has 3 aromatic rings. The minimum Gasteiger partial charge on any atom is -0.256 e. The molecule has 0 amide bonds. The molecular weight excluding hydrogens is 338 g/mol. The summed E-state index contributed by atoms with van der Waals surface area (Å²) in [6, 6.07) is 19.8. The third-order valence-corrected chi connectivity index (χ3v) is 5.81. The van der Waals surface area contributed by atoms with Crippen molar-refractivity contribution >= 4 is 0 Å². The van der Waals surface area contributed by atoms with Crippen LogP contribution in [0.1, 0.15) is 71.3 Å². The Bertz CT molecular complexity index is 1030. The molecule has 28 heavy (non-hydrogen) atoms. The van der Waals surface area contributed by atoms with E-state index in [1.807, 2.05) is 67.6 Å². The quantitative estimate of drug-likeness (QED) is 0.457. The monoisotopic (exact) mass is 372 g/mol. The Morgan fingerprint density at radius 2 is 1.79 bits per heavy atom. The minimum atomic E-state index is -1.35. The van der Waals surface area contributed by atoms with Gasteiger partial charge in [-0.3, -0.25) is 4.98 Å². The molecule has 1 atom stereocenters. The van der Waals surface area contributed by atoms with Gasteiger partial charge in [0.15, 0.2) is 0 Å². The van der Waals surface area contributed by atoms with Gasteiger partial charge in [-0.1, -0.05) is 87.1 Å². The van der Waals surface area contributed by atoms with Crippen molar-refractivity contribution in [3.05, 3.63) is 89.1 Å². The van der Waals surface area contributed by atoms with Crippen LogP contribution in [0.5, 0.6) is 0 Å². The van der Waals surface area contributed by atoms with Gasteiger partial charge in [0.25, 0.3) is 0 Å². The normalized spacial score (nSPS) is 19.3. The topological polar surface area (TPSA) is 12.9 Å². The Kier molecular flexibility index (Phi) is 4.83. The van der Waals surface area contributed by atoms with Gasteiger partial charge in [0, 0.05) is 21.8 Å². The minimum absolute atomic E-state index is 0.0703. The van der Waals surface area contributed by atoms with Gasteiger partial charge in [-0.2, -0.15) is 0 Å². The van der Waals surface area contributed by atoms with Gasteiger partial charge in [-0.15, -0.1) is 0 Å². The van der Waals surface area contributed by atoms with Crippen molar-refractivity contribution in [3.63, 3.8) is 0 Å². The first-order chi connectivity index (χ1) is 14.8. The molecule has 1 aromatic heterocycles. The molecule has 1 heterocycles. The zero-order chi connectivity index (χ0) is 22.1. The van der Waals surface area contributed by atoms with Gasteiger partial charge in [0.05, 0.1) is 5.69 Å². The number of rotatable bonds is 5. The lowest BCUT2D eigenvalue weighted by Gasteiger charge is -2.21. The third kappa shape index (κ3) is 4.52. The van der Waals surface area contributed by atoms with Crippen LogP contribution in [0.4, 0.5) is 0 Å². The highest BCUT2D eigenvalue weighted by Crippen LogP contribution is 2.30. The lowest BCUT2D eigenvalue weighted by atomic mass is 9.85. The van der Waals surface area contributed by atoms with Crippen molar-refractivity contribution in [3.8, 4) is 11.3 Å². The molecule has 0 bridgehead atoms. The maximum absolute atomic E-state index is 9.03. The second-order valence-corrected chi connectivity index (χ2v) is 7.98. The van der Waals surface area contributed by atoms with Gasteiger partial charge >= 0.3 is 0 Å². The molecule has 1 fully saturated rings. The van der Waals surface area contributed by atoms with Gasteiger partial charge in [-0.05, 0) is 54.1 Å². The molecule has 1 unspecified atom stereocenters. The van der Waals surface area contributed by atoms with Gasteiger partial charge in [-0.25, -0.2) is 0 Å². The molecule has 0 N–H and O–H groups in total. The van der Waals surface area contributed by atoms with E-state index in [-0.39, 0.29) is 5.92 Å². The Morgan fingerprint density at radius 3 is 2.57 bits per heavy atom. The average molecular weight is 373 g/mol. The summed E-state index contributed by atoms with van der Waals surface area (Å²) < 4.78 is 26.6. The van der Waals surface area contributed by atoms with Crippen molar-refractivity contribution < 1.29 is 4.11 Å². The summed E-state index contributed by atoms with van der Waals surface area (Å²) in [5, 5.41) is 0. The molecule has 0 saturated heterocycles. The predicted molar refractivity (Wildman–Crippen MR) is 119 cm³/mol. The highest BCUT2D eigenvalue weighted by molar-refractivity contribution is 5.61. The zero-order valence-corrected chi connectivity index (χ0v) is 16.9. The Balaban J connectivity index is 1.67. The summed E-state index contributed by atoms with van der Waals surface area (Å²) >= 11 is 0. The smallest absolute Gasteiger partial charge is 0.0704 e. The fraction of sp³-hybridized carbons (Fsp3) is 0.370. The van der Waals surface area contributed by atoms with Crippen LogP contribution < -0.4 is 0 Å². The maximum atomic E-state index is 9.03. The van der Waals surface area contributed by atoms with Gasteiger partial charge in [0.2, 0.25) is 0 Å². The van der Waals surface area contributed by atoms with Crippen molar-refractivity contribution in [2.75, 3.05) is 0 Å². The zero-order valence-electron chi connectivity index (χ0n) is 19.9. The molecular formula is C27H31N. The summed E-state index contributed by atoms with van der Waals surface area (Å²) in [7, 11) is 0. The van der Waals surface area contributed by atoms with Crippen LogP contribution >= 0.6 is 0 Å². The van der Waals surface area contributed by atoms with Gasteiger partial charge < -0.3 is 0 Å². The van der Waals surface area contributed by atoms with Crippen LogP contribution in [-0.2, 0) is 6.37 Å². The highest BCUT2D eigenvalue weighted by atomic mass is 14.7. The number of aromatic nitrogens is 1. The largest absolute Gasteiger partial charge is 0.256 e. The SMILES string of the molecule is [2H]C(C)(c1ccc(C)cc1)c1cccc(-c2cc(C([2H])([2H])C3CCCCC3)ccn2)c1. The Morgan fingerprint density at radius 1 is 1.00 bits per heavy atom. The second kappa shape index (κ2) is 8.73. The number of hydrogen-bond acceptors (Lipinski definition) is 1. The molecule has 1 nitrogen and oxygen atoms in total. The summed E-state index contributed by atoms with van der Waals surface area (Å²) in [5.41, 5.74) is 5.42. The van der Waals surface area contributed by atoms with Crippen LogP contribution in [0, 0.1) is 12.8 Å². The summed E-state index contributed by atoms with van der Waals surface area (Å²) in [6.45, 7) is 3.97. The number of pyridine rings is 1. The molecule has 0 radical (unpaired) electrons. The highest BCUT2D eigenvalue weighted by Gasteiger charge is 2.15. The molecule has 0 aliphatic heterocycles. The van der Waals surface area contributed by atoms with E-state index in [0.717, 1.165) is 48.1 Å². The van der Waals surface area contributed by atoms with E-state index in [2.05, 4.69) is 11.9 Å². The van der Waals surface area contributed by atoms with E-state index in [9.17, 15) is 0 Å². The number of nitrogens with zero attached hydrogens (tertiary/aromatic N) is 1. The molecule has 0 spiro atoms. The predicted octanol–water partition coefficient (Wildman–Crippen LogP) is 7.33. The average Bonchev–Trinajstić information content (AvgIpc) is 2.80. The lowest BCUT2D eigenvalue weighted by Crippen LogP contribution is -2.09. The van der Waals surface area contributed by atoms with Crippen LogP contribution in [-0.4, -0.2) is 4.98 Å². The van der Waals surface area contributed by atoms with Crippen LogP contribution in [0.2, 0.25) is 0 Å².